The number of nitrogens with two attached hydrogens (primary N) is 1. The smallest absolute Gasteiger partial charge is 0.329 e. The van der Waals surface area contributed by atoms with E-state index in [1.165, 1.54) is 0 Å². The highest BCUT2D eigenvalue weighted by atomic mass is 16.2. The van der Waals surface area contributed by atoms with E-state index in [1.807, 2.05) is 32.0 Å². The Bertz CT molecular complexity index is 493. The molecule has 1 aromatic rings. The maximum Gasteiger partial charge on any atom is 0.329 e. The molecule has 0 bridgehead atoms. The van der Waals surface area contributed by atoms with Crippen molar-refractivity contribution >= 4 is 17.5 Å². The van der Waals surface area contributed by atoms with E-state index in [0.29, 0.717) is 5.71 Å². The van der Waals surface area contributed by atoms with Crippen LogP contribution >= 0.6 is 0 Å². The second-order valence-corrected chi connectivity index (χ2v) is 3.82. The summed E-state index contributed by atoms with van der Waals surface area (Å²) in [5, 5.41) is 3.83. The fourth-order valence-corrected chi connectivity index (χ4v) is 1.38. The van der Waals surface area contributed by atoms with Crippen LogP contribution in [0.1, 0.15) is 23.6 Å². The van der Waals surface area contributed by atoms with Gasteiger partial charge in [0.25, 0.3) is 0 Å². The topological polar surface area (TPSA) is 84.6 Å². The van der Waals surface area contributed by atoms with Gasteiger partial charge < -0.3 is 5.73 Å². The Hall–Kier alpha value is -2.17. The van der Waals surface area contributed by atoms with Crippen LogP contribution < -0.4 is 11.2 Å². The van der Waals surface area contributed by atoms with Gasteiger partial charge in [0.1, 0.15) is 0 Å². The van der Waals surface area contributed by atoms with Gasteiger partial charge in [-0.25, -0.2) is 5.43 Å². The molecule has 0 radical (unpaired) electrons. The highest BCUT2D eigenvalue weighted by Crippen LogP contribution is 2.11. The van der Waals surface area contributed by atoms with Gasteiger partial charge in [0.2, 0.25) is 0 Å². The number of carbonyl (C=O) groups excluding carboxylic acids is 2. The quantitative estimate of drug-likeness (QED) is 0.446. The van der Waals surface area contributed by atoms with Crippen molar-refractivity contribution in [3.05, 3.63) is 34.9 Å². The molecule has 3 N–H and O–H groups in total. The van der Waals surface area contributed by atoms with Crippen molar-refractivity contribution in [2.75, 3.05) is 0 Å². The lowest BCUT2D eigenvalue weighted by molar-refractivity contribution is -0.137. The summed E-state index contributed by atoms with van der Waals surface area (Å²) in [7, 11) is 0. The van der Waals surface area contributed by atoms with Gasteiger partial charge in [-0.05, 0) is 32.4 Å². The number of aryl methyl sites for hydroxylation is 2. The molecule has 17 heavy (non-hydrogen) atoms. The minimum absolute atomic E-state index is 0.626. The summed E-state index contributed by atoms with van der Waals surface area (Å²) >= 11 is 0. The van der Waals surface area contributed by atoms with Gasteiger partial charge in [0.15, 0.2) is 0 Å². The van der Waals surface area contributed by atoms with E-state index >= 15 is 0 Å². The first-order chi connectivity index (χ1) is 7.91. The first-order valence-corrected chi connectivity index (χ1v) is 5.13. The van der Waals surface area contributed by atoms with Crippen LogP contribution in [0.2, 0.25) is 0 Å². The summed E-state index contributed by atoms with van der Waals surface area (Å²) in [5.74, 6) is -1.97. The Morgan fingerprint density at radius 1 is 1.29 bits per heavy atom. The van der Waals surface area contributed by atoms with Crippen LogP contribution in [0.15, 0.2) is 23.3 Å². The number of benzene rings is 1. The number of primary amides is 1. The van der Waals surface area contributed by atoms with Crippen LogP contribution in [0, 0.1) is 13.8 Å². The number of hydrogen-bond donors (Lipinski definition) is 2. The summed E-state index contributed by atoms with van der Waals surface area (Å²) in [6.45, 7) is 5.67. The molecule has 0 spiro atoms. The molecule has 0 heterocycles. The largest absolute Gasteiger partial charge is 0.361 e. The lowest BCUT2D eigenvalue weighted by atomic mass is 10.0. The fraction of sp³-hybridized carbons (Fsp3) is 0.250. The number of nitrogens with zero attached hydrogens (tertiary/aromatic N) is 1. The average molecular weight is 233 g/mol. The third-order valence-electron chi connectivity index (χ3n) is 2.33. The van der Waals surface area contributed by atoms with Crippen molar-refractivity contribution in [2.45, 2.75) is 20.8 Å². The number of amides is 2. The van der Waals surface area contributed by atoms with Crippen LogP contribution in [0.4, 0.5) is 0 Å². The summed E-state index contributed by atoms with van der Waals surface area (Å²) in [6.07, 6.45) is 0. The van der Waals surface area contributed by atoms with Gasteiger partial charge in [0.05, 0.1) is 5.71 Å². The van der Waals surface area contributed by atoms with Crippen LogP contribution in [-0.4, -0.2) is 17.5 Å². The number of nitrogens with one attached hydrogen (secondary N) is 1. The Kier molecular flexibility index (Phi) is 3.98. The maximum absolute atomic E-state index is 10.9. The molecule has 2 amide bonds. The third kappa shape index (κ3) is 3.41. The average Bonchev–Trinajstić information content (AvgIpc) is 2.28. The van der Waals surface area contributed by atoms with Gasteiger partial charge in [-0.1, -0.05) is 17.7 Å². The molecule has 1 aromatic carbocycles. The molecule has 0 aliphatic carbocycles. The molecular formula is C12H15N3O2. The van der Waals surface area contributed by atoms with E-state index in [2.05, 4.69) is 10.5 Å². The van der Waals surface area contributed by atoms with Crippen molar-refractivity contribution in [1.82, 2.24) is 5.43 Å². The maximum atomic E-state index is 10.9. The Balaban J connectivity index is 2.92. The summed E-state index contributed by atoms with van der Waals surface area (Å²) in [5.41, 5.74) is 10.6. The zero-order valence-electron chi connectivity index (χ0n) is 10.1. The van der Waals surface area contributed by atoms with Gasteiger partial charge in [0, 0.05) is 5.56 Å². The number of hydrazone groups is 1. The molecular weight excluding hydrogens is 218 g/mol. The zero-order valence-corrected chi connectivity index (χ0v) is 10.1. The first-order valence-electron chi connectivity index (χ1n) is 5.13. The van der Waals surface area contributed by atoms with Crippen LogP contribution in [0.5, 0.6) is 0 Å². The highest BCUT2D eigenvalue weighted by Gasteiger charge is 2.08. The summed E-state index contributed by atoms with van der Waals surface area (Å²) < 4.78 is 0. The Morgan fingerprint density at radius 2 is 1.94 bits per heavy atom. The van der Waals surface area contributed by atoms with Crippen molar-refractivity contribution in [3.8, 4) is 0 Å². The minimum atomic E-state index is -1.05. The SMILES string of the molecule is C/C(=N/NC(=O)C(N)=O)c1cc(C)ccc1C. The van der Waals surface area contributed by atoms with Crippen molar-refractivity contribution in [1.29, 1.82) is 0 Å². The Morgan fingerprint density at radius 3 is 2.53 bits per heavy atom. The van der Waals surface area contributed by atoms with E-state index in [-0.39, 0.29) is 0 Å². The second-order valence-electron chi connectivity index (χ2n) is 3.82. The third-order valence-corrected chi connectivity index (χ3v) is 2.33. The summed E-state index contributed by atoms with van der Waals surface area (Å²) in [6, 6.07) is 5.93. The molecule has 0 atom stereocenters. The highest BCUT2D eigenvalue weighted by molar-refractivity contribution is 6.34. The van der Waals surface area contributed by atoms with E-state index in [1.54, 1.807) is 6.92 Å². The van der Waals surface area contributed by atoms with Crippen LogP contribution in [0.3, 0.4) is 0 Å². The van der Waals surface area contributed by atoms with Crippen LogP contribution in [-0.2, 0) is 9.59 Å². The van der Waals surface area contributed by atoms with Crippen molar-refractivity contribution in [3.63, 3.8) is 0 Å². The summed E-state index contributed by atoms with van der Waals surface area (Å²) in [4.78, 5) is 21.4. The van der Waals surface area contributed by atoms with E-state index in [4.69, 9.17) is 5.73 Å². The van der Waals surface area contributed by atoms with E-state index in [9.17, 15) is 9.59 Å². The molecule has 0 fully saturated rings. The second kappa shape index (κ2) is 5.25. The van der Waals surface area contributed by atoms with Gasteiger partial charge in [-0.2, -0.15) is 5.10 Å². The first kappa shape index (κ1) is 12.9. The molecule has 0 saturated heterocycles. The lowest BCUT2D eigenvalue weighted by Crippen LogP contribution is -2.33. The van der Waals surface area contributed by atoms with Gasteiger partial charge in [-0.15, -0.1) is 0 Å². The minimum Gasteiger partial charge on any atom is -0.361 e. The van der Waals surface area contributed by atoms with Gasteiger partial charge in [-0.3, -0.25) is 9.59 Å². The number of rotatable bonds is 2. The van der Waals surface area contributed by atoms with Crippen molar-refractivity contribution < 1.29 is 9.59 Å². The Labute approximate surface area is 99.7 Å². The molecule has 0 unspecified atom stereocenters. The molecule has 0 aromatic heterocycles. The number of carbonyl (C=O) groups is 2. The number of hydrogen-bond acceptors (Lipinski definition) is 3. The van der Waals surface area contributed by atoms with Crippen LogP contribution in [0.25, 0.3) is 0 Å². The molecule has 5 heteroatoms. The zero-order chi connectivity index (χ0) is 13.0. The molecule has 0 aliphatic rings. The van der Waals surface area contributed by atoms with Crippen molar-refractivity contribution in [2.24, 2.45) is 10.8 Å². The molecule has 5 nitrogen and oxygen atoms in total. The molecule has 90 valence electrons. The normalized spacial score (nSPS) is 11.1. The molecule has 0 saturated carbocycles. The predicted octanol–water partition coefficient (Wildman–Crippen LogP) is 0.629. The monoisotopic (exact) mass is 233 g/mol. The van der Waals surface area contributed by atoms with E-state index in [0.717, 1.165) is 16.7 Å². The standard InChI is InChI=1S/C12H15N3O2/c1-7-4-5-8(2)10(6-7)9(3)14-15-12(17)11(13)16/h4-6H,1-3H3,(H2,13,16)(H,15,17)/b14-9-. The fourth-order valence-electron chi connectivity index (χ4n) is 1.38. The molecule has 1 rings (SSSR count). The predicted molar refractivity (Wildman–Crippen MR) is 65.5 cm³/mol. The van der Waals surface area contributed by atoms with Gasteiger partial charge >= 0.3 is 11.8 Å². The lowest BCUT2D eigenvalue weighted by Gasteiger charge is -2.06. The van der Waals surface area contributed by atoms with E-state index < -0.39 is 11.8 Å². The molecule has 0 aliphatic heterocycles.